The number of carboxylic acids is 2. The molecule has 0 spiro atoms. The van der Waals surface area contributed by atoms with Crippen molar-refractivity contribution in [3.63, 3.8) is 0 Å². The highest BCUT2D eigenvalue weighted by Gasteiger charge is 2.32. The van der Waals surface area contributed by atoms with Gasteiger partial charge < -0.3 is 10.2 Å². The van der Waals surface area contributed by atoms with E-state index in [1.807, 2.05) is 6.07 Å². The standard InChI is InChI=1S/C17H16O4/c18-15(19)11-14(12-7-3-1-4-8-12)16(17(20)21)13-9-5-2-6-10-13/h1-10,14,16H,11H2,(H,18,19)(H,20,21). The molecular weight excluding hydrogens is 268 g/mol. The van der Waals surface area contributed by atoms with E-state index in [4.69, 9.17) is 5.11 Å². The molecule has 2 aromatic carbocycles. The normalized spacial score (nSPS) is 13.3. The van der Waals surface area contributed by atoms with Crippen molar-refractivity contribution in [3.8, 4) is 0 Å². The maximum atomic E-state index is 11.7. The summed E-state index contributed by atoms with van der Waals surface area (Å²) >= 11 is 0. The van der Waals surface area contributed by atoms with E-state index in [-0.39, 0.29) is 6.42 Å². The summed E-state index contributed by atoms with van der Waals surface area (Å²) in [4.78, 5) is 22.9. The molecular formula is C17H16O4. The molecule has 0 bridgehead atoms. The third-order valence-electron chi connectivity index (χ3n) is 3.45. The third-order valence-corrected chi connectivity index (χ3v) is 3.45. The Balaban J connectivity index is 2.46. The fraction of sp³-hybridized carbons (Fsp3) is 0.176. The van der Waals surface area contributed by atoms with Crippen LogP contribution in [0.3, 0.4) is 0 Å². The second-order valence-corrected chi connectivity index (χ2v) is 4.84. The van der Waals surface area contributed by atoms with Gasteiger partial charge in [0.15, 0.2) is 0 Å². The van der Waals surface area contributed by atoms with Gasteiger partial charge in [0, 0.05) is 5.92 Å². The Kier molecular flexibility index (Phi) is 4.72. The molecule has 4 heteroatoms. The zero-order valence-electron chi connectivity index (χ0n) is 11.3. The molecule has 2 unspecified atom stereocenters. The molecule has 4 nitrogen and oxygen atoms in total. The summed E-state index contributed by atoms with van der Waals surface area (Å²) in [6, 6.07) is 17.7. The van der Waals surface area contributed by atoms with Gasteiger partial charge in [0.25, 0.3) is 0 Å². The third kappa shape index (κ3) is 3.69. The van der Waals surface area contributed by atoms with Crippen molar-refractivity contribution >= 4 is 11.9 Å². The Bertz CT molecular complexity index is 607. The Morgan fingerprint density at radius 2 is 1.29 bits per heavy atom. The number of carbonyl (C=O) groups is 2. The number of hydrogen-bond acceptors (Lipinski definition) is 2. The molecule has 0 amide bonds. The molecule has 21 heavy (non-hydrogen) atoms. The smallest absolute Gasteiger partial charge is 0.311 e. The van der Waals surface area contributed by atoms with Crippen LogP contribution in [0.2, 0.25) is 0 Å². The highest BCUT2D eigenvalue weighted by atomic mass is 16.4. The van der Waals surface area contributed by atoms with Gasteiger partial charge in [-0.05, 0) is 11.1 Å². The summed E-state index contributed by atoms with van der Waals surface area (Å²) in [5.74, 6) is -3.52. The minimum absolute atomic E-state index is 0.226. The molecule has 0 aliphatic heterocycles. The van der Waals surface area contributed by atoms with Crippen LogP contribution in [0.1, 0.15) is 29.4 Å². The zero-order chi connectivity index (χ0) is 15.2. The molecule has 0 aliphatic rings. The van der Waals surface area contributed by atoms with Crippen molar-refractivity contribution < 1.29 is 19.8 Å². The van der Waals surface area contributed by atoms with Crippen molar-refractivity contribution in [2.75, 3.05) is 0 Å². The molecule has 0 heterocycles. The van der Waals surface area contributed by atoms with Crippen LogP contribution in [0.5, 0.6) is 0 Å². The van der Waals surface area contributed by atoms with Crippen LogP contribution in [-0.2, 0) is 9.59 Å². The predicted molar refractivity (Wildman–Crippen MR) is 78.3 cm³/mol. The van der Waals surface area contributed by atoms with Crippen LogP contribution < -0.4 is 0 Å². The van der Waals surface area contributed by atoms with Gasteiger partial charge >= 0.3 is 11.9 Å². The highest BCUT2D eigenvalue weighted by molar-refractivity contribution is 5.79. The summed E-state index contributed by atoms with van der Waals surface area (Å²) in [6.07, 6.45) is -0.226. The summed E-state index contributed by atoms with van der Waals surface area (Å²) in [6.45, 7) is 0. The van der Waals surface area contributed by atoms with E-state index >= 15 is 0 Å². The Morgan fingerprint density at radius 1 is 0.810 bits per heavy atom. The van der Waals surface area contributed by atoms with E-state index in [2.05, 4.69) is 0 Å². The lowest BCUT2D eigenvalue weighted by atomic mass is 9.79. The maximum absolute atomic E-state index is 11.7. The van der Waals surface area contributed by atoms with Gasteiger partial charge in [0.05, 0.1) is 12.3 Å². The second kappa shape index (κ2) is 6.70. The van der Waals surface area contributed by atoms with Gasteiger partial charge in [0.1, 0.15) is 0 Å². The first kappa shape index (κ1) is 14.8. The van der Waals surface area contributed by atoms with Gasteiger partial charge in [-0.1, -0.05) is 60.7 Å². The molecule has 0 saturated heterocycles. The molecule has 108 valence electrons. The lowest BCUT2D eigenvalue weighted by Gasteiger charge is -2.23. The molecule has 0 fully saturated rings. The van der Waals surface area contributed by atoms with Crippen LogP contribution in [0.25, 0.3) is 0 Å². The number of rotatable bonds is 6. The monoisotopic (exact) mass is 284 g/mol. The number of aliphatic carboxylic acids is 2. The first-order valence-corrected chi connectivity index (χ1v) is 6.64. The van der Waals surface area contributed by atoms with Crippen LogP contribution in [-0.4, -0.2) is 22.2 Å². The van der Waals surface area contributed by atoms with E-state index in [1.54, 1.807) is 54.6 Å². The SMILES string of the molecule is O=C(O)CC(c1ccccc1)C(C(=O)O)c1ccccc1. The van der Waals surface area contributed by atoms with E-state index in [0.717, 1.165) is 5.56 Å². The van der Waals surface area contributed by atoms with Crippen LogP contribution >= 0.6 is 0 Å². The summed E-state index contributed by atoms with van der Waals surface area (Å²) in [5, 5.41) is 18.7. The summed E-state index contributed by atoms with van der Waals surface area (Å²) < 4.78 is 0. The van der Waals surface area contributed by atoms with Gasteiger partial charge in [-0.3, -0.25) is 9.59 Å². The average molecular weight is 284 g/mol. The minimum atomic E-state index is -1.02. The molecule has 2 atom stereocenters. The van der Waals surface area contributed by atoms with Crippen molar-refractivity contribution in [2.45, 2.75) is 18.3 Å². The van der Waals surface area contributed by atoms with Gasteiger partial charge in [-0.15, -0.1) is 0 Å². The highest BCUT2D eigenvalue weighted by Crippen LogP contribution is 2.35. The molecule has 0 aliphatic carbocycles. The summed E-state index contributed by atoms with van der Waals surface area (Å²) in [7, 11) is 0. The van der Waals surface area contributed by atoms with E-state index < -0.39 is 23.8 Å². The quantitative estimate of drug-likeness (QED) is 0.854. The number of carboxylic acid groups (broad SMARTS) is 2. The van der Waals surface area contributed by atoms with E-state index in [0.29, 0.717) is 5.56 Å². The fourth-order valence-corrected chi connectivity index (χ4v) is 2.52. The second-order valence-electron chi connectivity index (χ2n) is 4.84. The lowest BCUT2D eigenvalue weighted by Crippen LogP contribution is -2.22. The van der Waals surface area contributed by atoms with Gasteiger partial charge in [-0.25, -0.2) is 0 Å². The zero-order valence-corrected chi connectivity index (χ0v) is 11.3. The van der Waals surface area contributed by atoms with Crippen LogP contribution in [0, 0.1) is 0 Å². The van der Waals surface area contributed by atoms with Crippen molar-refractivity contribution in [3.05, 3.63) is 71.8 Å². The number of hydrogen-bond donors (Lipinski definition) is 2. The minimum Gasteiger partial charge on any atom is -0.481 e. The first-order chi connectivity index (χ1) is 10.1. The van der Waals surface area contributed by atoms with Crippen molar-refractivity contribution in [2.24, 2.45) is 0 Å². The molecule has 0 aromatic heterocycles. The molecule has 2 rings (SSSR count). The Labute approximate surface area is 122 Å². The molecule has 2 N–H and O–H groups in total. The summed E-state index contributed by atoms with van der Waals surface area (Å²) in [5.41, 5.74) is 1.33. The van der Waals surface area contributed by atoms with Gasteiger partial charge in [0.2, 0.25) is 0 Å². The number of benzene rings is 2. The maximum Gasteiger partial charge on any atom is 0.311 e. The molecule has 0 saturated carbocycles. The van der Waals surface area contributed by atoms with Crippen molar-refractivity contribution in [1.29, 1.82) is 0 Å². The molecule has 2 aromatic rings. The average Bonchev–Trinajstić information content (AvgIpc) is 2.48. The lowest BCUT2D eigenvalue weighted by molar-refractivity contribution is -0.140. The first-order valence-electron chi connectivity index (χ1n) is 6.64. The fourth-order valence-electron chi connectivity index (χ4n) is 2.52. The van der Waals surface area contributed by atoms with E-state index in [1.165, 1.54) is 0 Å². The predicted octanol–water partition coefficient (Wildman–Crippen LogP) is 3.11. The van der Waals surface area contributed by atoms with Gasteiger partial charge in [-0.2, -0.15) is 0 Å². The molecule has 0 radical (unpaired) electrons. The van der Waals surface area contributed by atoms with Crippen LogP contribution in [0.15, 0.2) is 60.7 Å². The topological polar surface area (TPSA) is 74.6 Å². The van der Waals surface area contributed by atoms with Crippen LogP contribution in [0.4, 0.5) is 0 Å². The Morgan fingerprint density at radius 3 is 1.71 bits per heavy atom. The van der Waals surface area contributed by atoms with Crippen molar-refractivity contribution in [1.82, 2.24) is 0 Å². The van der Waals surface area contributed by atoms with E-state index in [9.17, 15) is 14.7 Å². The largest absolute Gasteiger partial charge is 0.481 e. The Hall–Kier alpha value is -2.62.